The van der Waals surface area contributed by atoms with Crippen molar-refractivity contribution in [1.29, 1.82) is 0 Å². The quantitative estimate of drug-likeness (QED) is 0.788. The highest BCUT2D eigenvalue weighted by molar-refractivity contribution is 7.91. The molecule has 0 saturated carbocycles. The topological polar surface area (TPSA) is 98.2 Å². The molecule has 1 fully saturated rings. The number of aromatic nitrogens is 1. The number of oxazole rings is 1. The lowest BCUT2D eigenvalue weighted by atomic mass is 10.3. The van der Waals surface area contributed by atoms with Gasteiger partial charge in [-0.15, -0.1) is 0 Å². The number of sulfone groups is 1. The van der Waals surface area contributed by atoms with Gasteiger partial charge in [0.05, 0.1) is 17.2 Å². The first-order valence-corrected chi connectivity index (χ1v) is 7.48. The van der Waals surface area contributed by atoms with Crippen molar-refractivity contribution in [2.75, 3.05) is 22.6 Å². The molecule has 7 heteroatoms. The average molecular weight is 267 g/mol. The Morgan fingerprint density at radius 2 is 2.28 bits per heavy atom. The minimum atomic E-state index is -2.91. The van der Waals surface area contributed by atoms with E-state index in [1.54, 1.807) is 18.2 Å². The van der Waals surface area contributed by atoms with Crippen LogP contribution in [0.4, 0.5) is 11.7 Å². The van der Waals surface area contributed by atoms with Crippen molar-refractivity contribution in [2.45, 2.75) is 12.5 Å². The van der Waals surface area contributed by atoms with E-state index in [0.717, 1.165) is 0 Å². The number of hydrogen-bond donors (Lipinski definition) is 2. The van der Waals surface area contributed by atoms with Crippen LogP contribution in [-0.2, 0) is 9.84 Å². The van der Waals surface area contributed by atoms with Crippen LogP contribution in [0.15, 0.2) is 22.6 Å². The van der Waals surface area contributed by atoms with Gasteiger partial charge in [0.1, 0.15) is 5.52 Å². The SMILES string of the molecule is Nc1cccc2oc(NC3CCS(=O)(=O)C3)nc12. The van der Waals surface area contributed by atoms with Crippen LogP contribution < -0.4 is 11.1 Å². The van der Waals surface area contributed by atoms with E-state index in [4.69, 9.17) is 10.2 Å². The molecule has 96 valence electrons. The number of nitrogens with zero attached hydrogens (tertiary/aromatic N) is 1. The summed E-state index contributed by atoms with van der Waals surface area (Å²) in [5.41, 5.74) is 7.51. The van der Waals surface area contributed by atoms with Gasteiger partial charge in [0.2, 0.25) is 0 Å². The minimum absolute atomic E-state index is 0.126. The molecule has 1 saturated heterocycles. The molecule has 1 aromatic heterocycles. The Morgan fingerprint density at radius 1 is 1.44 bits per heavy atom. The molecular formula is C11H13N3O3S. The van der Waals surface area contributed by atoms with Gasteiger partial charge in [-0.1, -0.05) is 6.07 Å². The number of para-hydroxylation sites is 1. The molecule has 0 radical (unpaired) electrons. The van der Waals surface area contributed by atoms with E-state index in [1.807, 2.05) is 0 Å². The van der Waals surface area contributed by atoms with Gasteiger partial charge in [0.25, 0.3) is 6.01 Å². The number of hydrogen-bond acceptors (Lipinski definition) is 6. The number of benzene rings is 1. The zero-order chi connectivity index (χ0) is 12.8. The van der Waals surface area contributed by atoms with Gasteiger partial charge in [-0.3, -0.25) is 0 Å². The highest BCUT2D eigenvalue weighted by atomic mass is 32.2. The molecule has 6 nitrogen and oxygen atoms in total. The van der Waals surface area contributed by atoms with E-state index in [2.05, 4.69) is 10.3 Å². The Bertz CT molecular complexity index is 693. The van der Waals surface area contributed by atoms with E-state index < -0.39 is 9.84 Å². The lowest BCUT2D eigenvalue weighted by molar-refractivity contribution is 0.597. The van der Waals surface area contributed by atoms with E-state index in [0.29, 0.717) is 29.2 Å². The van der Waals surface area contributed by atoms with Crippen molar-refractivity contribution in [3.05, 3.63) is 18.2 Å². The van der Waals surface area contributed by atoms with Crippen molar-refractivity contribution >= 4 is 32.6 Å². The summed E-state index contributed by atoms with van der Waals surface area (Å²) in [6.07, 6.45) is 0.580. The summed E-state index contributed by atoms with van der Waals surface area (Å²) in [6.45, 7) is 0. The molecule has 1 unspecified atom stereocenters. The molecule has 0 bridgehead atoms. The highest BCUT2D eigenvalue weighted by Gasteiger charge is 2.28. The van der Waals surface area contributed by atoms with Crippen LogP contribution in [-0.4, -0.2) is 30.9 Å². The number of anilines is 2. The minimum Gasteiger partial charge on any atom is -0.423 e. The first-order valence-electron chi connectivity index (χ1n) is 5.65. The van der Waals surface area contributed by atoms with Crippen LogP contribution in [0.2, 0.25) is 0 Å². The second-order valence-electron chi connectivity index (χ2n) is 4.46. The predicted octanol–water partition coefficient (Wildman–Crippen LogP) is 1.01. The summed E-state index contributed by atoms with van der Waals surface area (Å²) >= 11 is 0. The first-order chi connectivity index (χ1) is 8.53. The number of nitrogen functional groups attached to an aromatic ring is 1. The third-order valence-electron chi connectivity index (χ3n) is 3.01. The van der Waals surface area contributed by atoms with Crippen molar-refractivity contribution < 1.29 is 12.8 Å². The van der Waals surface area contributed by atoms with Gasteiger partial charge in [0, 0.05) is 6.04 Å². The molecule has 1 aliphatic heterocycles. The molecule has 0 spiro atoms. The van der Waals surface area contributed by atoms with Crippen LogP contribution in [0.5, 0.6) is 0 Å². The Hall–Kier alpha value is -1.76. The maximum absolute atomic E-state index is 11.3. The first kappa shape index (κ1) is 11.3. The Labute approximate surface area is 104 Å². The standard InChI is InChI=1S/C11H13N3O3S/c12-8-2-1-3-9-10(8)14-11(17-9)13-7-4-5-18(15,16)6-7/h1-3,7H,4-6,12H2,(H,13,14). The van der Waals surface area contributed by atoms with E-state index in [9.17, 15) is 8.42 Å². The Morgan fingerprint density at radius 3 is 2.94 bits per heavy atom. The van der Waals surface area contributed by atoms with Crippen molar-refractivity contribution in [3.8, 4) is 0 Å². The molecule has 2 heterocycles. The Balaban J connectivity index is 1.86. The van der Waals surface area contributed by atoms with Gasteiger partial charge >= 0.3 is 0 Å². The second kappa shape index (κ2) is 3.88. The predicted molar refractivity (Wildman–Crippen MR) is 69.1 cm³/mol. The molecule has 3 rings (SSSR count). The highest BCUT2D eigenvalue weighted by Crippen LogP contribution is 2.25. The largest absolute Gasteiger partial charge is 0.423 e. The van der Waals surface area contributed by atoms with E-state index >= 15 is 0 Å². The number of rotatable bonds is 2. The number of fused-ring (bicyclic) bond motifs is 1. The summed E-state index contributed by atoms with van der Waals surface area (Å²) in [4.78, 5) is 4.23. The lowest BCUT2D eigenvalue weighted by Crippen LogP contribution is -2.20. The summed E-state index contributed by atoms with van der Waals surface area (Å²) < 4.78 is 28.2. The fourth-order valence-corrected chi connectivity index (χ4v) is 3.79. The third kappa shape index (κ3) is 2.01. The van der Waals surface area contributed by atoms with Gasteiger partial charge in [-0.05, 0) is 18.6 Å². The summed E-state index contributed by atoms with van der Waals surface area (Å²) in [5, 5.41) is 3.00. The molecule has 2 aromatic rings. The zero-order valence-electron chi connectivity index (χ0n) is 9.59. The van der Waals surface area contributed by atoms with Crippen LogP contribution in [0.1, 0.15) is 6.42 Å². The Kier molecular flexibility index (Phi) is 2.44. The van der Waals surface area contributed by atoms with Gasteiger partial charge < -0.3 is 15.5 Å². The van der Waals surface area contributed by atoms with Gasteiger partial charge in [-0.2, -0.15) is 4.98 Å². The maximum Gasteiger partial charge on any atom is 0.296 e. The molecule has 1 aliphatic rings. The van der Waals surface area contributed by atoms with E-state index in [1.165, 1.54) is 0 Å². The fraction of sp³-hybridized carbons (Fsp3) is 0.364. The van der Waals surface area contributed by atoms with Crippen molar-refractivity contribution in [3.63, 3.8) is 0 Å². The summed E-state index contributed by atoms with van der Waals surface area (Å²) in [7, 11) is -2.91. The zero-order valence-corrected chi connectivity index (χ0v) is 10.4. The lowest BCUT2D eigenvalue weighted by Gasteiger charge is -2.06. The van der Waals surface area contributed by atoms with E-state index in [-0.39, 0.29) is 17.5 Å². The third-order valence-corrected chi connectivity index (χ3v) is 4.78. The van der Waals surface area contributed by atoms with Gasteiger partial charge in [-0.25, -0.2) is 8.42 Å². The average Bonchev–Trinajstić information content (AvgIpc) is 2.83. The number of nitrogens with one attached hydrogen (secondary N) is 1. The molecule has 0 amide bonds. The summed E-state index contributed by atoms with van der Waals surface area (Å²) in [5.74, 6) is 0.342. The molecule has 0 aliphatic carbocycles. The van der Waals surface area contributed by atoms with Gasteiger partial charge in [0.15, 0.2) is 15.4 Å². The van der Waals surface area contributed by atoms with Crippen molar-refractivity contribution in [2.24, 2.45) is 0 Å². The summed E-state index contributed by atoms with van der Waals surface area (Å²) in [6, 6.07) is 5.49. The van der Waals surface area contributed by atoms with Crippen LogP contribution in [0.25, 0.3) is 11.1 Å². The van der Waals surface area contributed by atoms with Crippen LogP contribution >= 0.6 is 0 Å². The molecular weight excluding hydrogens is 254 g/mol. The molecule has 18 heavy (non-hydrogen) atoms. The maximum atomic E-state index is 11.3. The van der Waals surface area contributed by atoms with Crippen molar-refractivity contribution in [1.82, 2.24) is 4.98 Å². The van der Waals surface area contributed by atoms with Crippen LogP contribution in [0.3, 0.4) is 0 Å². The second-order valence-corrected chi connectivity index (χ2v) is 6.69. The monoisotopic (exact) mass is 267 g/mol. The molecule has 1 atom stereocenters. The van der Waals surface area contributed by atoms with Crippen LogP contribution in [0, 0.1) is 0 Å². The molecule has 3 N–H and O–H groups in total. The fourth-order valence-electron chi connectivity index (χ4n) is 2.12. The normalized spacial score (nSPS) is 22.3. The molecule has 1 aromatic carbocycles. The number of nitrogens with two attached hydrogens (primary N) is 1. The smallest absolute Gasteiger partial charge is 0.296 e.